The Bertz CT molecular complexity index is 1240. The summed E-state index contributed by atoms with van der Waals surface area (Å²) in [6.07, 6.45) is 13.2. The first-order valence-electron chi connectivity index (χ1n) is 13.6. The number of nitrogens with zero attached hydrogens (tertiary/aromatic N) is 4. The lowest BCUT2D eigenvalue weighted by Crippen LogP contribution is -2.30. The zero-order chi connectivity index (χ0) is 25.6. The van der Waals surface area contributed by atoms with Gasteiger partial charge in [-0.15, -0.1) is 0 Å². The summed E-state index contributed by atoms with van der Waals surface area (Å²) in [5, 5.41) is 2.97. The van der Waals surface area contributed by atoms with Gasteiger partial charge in [-0.05, 0) is 98.6 Å². The van der Waals surface area contributed by atoms with Crippen LogP contribution in [0.4, 0.5) is 11.5 Å². The highest BCUT2D eigenvalue weighted by atomic mass is 16.1. The fraction of sp³-hybridized carbons (Fsp3) is 0.387. The fourth-order valence-corrected chi connectivity index (χ4v) is 5.33. The molecule has 1 amide bonds. The number of hydrogen-bond donors (Lipinski definition) is 1. The molecular formula is C31H37N5O. The van der Waals surface area contributed by atoms with Crippen LogP contribution in [-0.2, 0) is 11.3 Å². The molecule has 192 valence electrons. The molecule has 0 bridgehead atoms. The van der Waals surface area contributed by atoms with E-state index in [-0.39, 0.29) is 5.91 Å². The summed E-state index contributed by atoms with van der Waals surface area (Å²) in [6, 6.07) is 12.3. The molecular weight excluding hydrogens is 458 g/mol. The Labute approximate surface area is 220 Å². The summed E-state index contributed by atoms with van der Waals surface area (Å²) >= 11 is 0. The highest BCUT2D eigenvalue weighted by Crippen LogP contribution is 2.28. The van der Waals surface area contributed by atoms with Gasteiger partial charge in [0.2, 0.25) is 0 Å². The Morgan fingerprint density at radius 1 is 0.892 bits per heavy atom. The molecule has 0 saturated carbocycles. The number of carbonyl (C=O) groups is 1. The molecule has 0 unspecified atom stereocenters. The van der Waals surface area contributed by atoms with E-state index in [0.717, 1.165) is 60.8 Å². The minimum absolute atomic E-state index is 0.218. The molecule has 1 aromatic carbocycles. The summed E-state index contributed by atoms with van der Waals surface area (Å²) in [5.41, 5.74) is 6.29. The zero-order valence-corrected chi connectivity index (χ0v) is 21.9. The van der Waals surface area contributed by atoms with E-state index in [1.807, 2.05) is 31.5 Å². The Morgan fingerprint density at radius 2 is 1.65 bits per heavy atom. The van der Waals surface area contributed by atoms with Crippen molar-refractivity contribution in [3.05, 3.63) is 78.3 Å². The minimum atomic E-state index is -0.218. The molecule has 3 aromatic rings. The molecule has 2 aromatic heterocycles. The zero-order valence-electron chi connectivity index (χ0n) is 21.9. The van der Waals surface area contributed by atoms with E-state index >= 15 is 0 Å². The van der Waals surface area contributed by atoms with Crippen molar-refractivity contribution in [3.8, 4) is 11.1 Å². The molecule has 0 aliphatic carbocycles. The highest BCUT2D eigenvalue weighted by molar-refractivity contribution is 6.25. The summed E-state index contributed by atoms with van der Waals surface area (Å²) in [6.45, 7) is 11.5. The largest absolute Gasteiger partial charge is 0.357 e. The van der Waals surface area contributed by atoms with Gasteiger partial charge in [0.05, 0.1) is 11.9 Å². The van der Waals surface area contributed by atoms with Gasteiger partial charge in [-0.2, -0.15) is 0 Å². The number of benzene rings is 1. The van der Waals surface area contributed by atoms with E-state index in [4.69, 9.17) is 0 Å². The summed E-state index contributed by atoms with van der Waals surface area (Å²) < 4.78 is 0. The van der Waals surface area contributed by atoms with Crippen molar-refractivity contribution in [2.45, 2.75) is 52.0 Å². The minimum Gasteiger partial charge on any atom is -0.357 e. The first-order chi connectivity index (χ1) is 18.1. The average Bonchev–Trinajstić information content (AvgIpc) is 2.94. The molecule has 2 aliphatic heterocycles. The van der Waals surface area contributed by atoms with E-state index in [1.165, 1.54) is 44.1 Å². The fourth-order valence-electron chi connectivity index (χ4n) is 5.33. The van der Waals surface area contributed by atoms with E-state index < -0.39 is 0 Å². The number of hydrogen-bond acceptors (Lipinski definition) is 5. The van der Waals surface area contributed by atoms with Crippen LogP contribution >= 0.6 is 0 Å². The average molecular weight is 496 g/mol. The van der Waals surface area contributed by atoms with Crippen LogP contribution in [0, 0.1) is 6.92 Å². The van der Waals surface area contributed by atoms with E-state index in [9.17, 15) is 4.79 Å². The molecule has 0 spiro atoms. The molecule has 2 aliphatic rings. The van der Waals surface area contributed by atoms with Crippen LogP contribution in [-0.4, -0.2) is 47.0 Å². The number of aromatic nitrogens is 2. The smallest absolute Gasteiger partial charge is 0.255 e. The molecule has 2 saturated heterocycles. The maximum absolute atomic E-state index is 13.1. The van der Waals surface area contributed by atoms with E-state index in [1.54, 1.807) is 6.20 Å². The van der Waals surface area contributed by atoms with E-state index in [2.05, 4.69) is 55.9 Å². The second-order valence-electron chi connectivity index (χ2n) is 10.3. The number of anilines is 2. The Morgan fingerprint density at radius 3 is 2.38 bits per heavy atom. The van der Waals surface area contributed by atoms with Gasteiger partial charge in [-0.1, -0.05) is 25.1 Å². The van der Waals surface area contributed by atoms with Crippen LogP contribution in [0.1, 0.15) is 55.2 Å². The standard InChI is InChI=1S/C31H37N5O/c1-23-9-10-26(27-17-25(19-32-20-27)22-35-13-5-3-6-14-35)18-29(23)24(2)31(37)34-28-11-12-30(33-21-28)36-15-7-4-8-16-36/h9-12,17-21H,2-8,13-16,22H2,1H3,(H,34,37). The molecule has 6 nitrogen and oxygen atoms in total. The van der Waals surface area contributed by atoms with Crippen molar-refractivity contribution >= 4 is 23.0 Å². The van der Waals surface area contributed by atoms with Crippen LogP contribution in [0.3, 0.4) is 0 Å². The normalized spacial score (nSPS) is 16.4. The number of amides is 1. The van der Waals surface area contributed by atoms with Crippen LogP contribution < -0.4 is 10.2 Å². The maximum atomic E-state index is 13.1. The van der Waals surface area contributed by atoms with Crippen LogP contribution in [0.2, 0.25) is 0 Å². The first kappa shape index (κ1) is 25.2. The highest BCUT2D eigenvalue weighted by Gasteiger charge is 2.16. The van der Waals surface area contributed by atoms with Gasteiger partial charge >= 0.3 is 0 Å². The molecule has 1 N–H and O–H groups in total. The SMILES string of the molecule is C=C(C(=O)Nc1ccc(N2CCCCC2)nc1)c1cc(-c2cncc(CN3CCCCC3)c2)ccc1C. The third kappa shape index (κ3) is 6.25. The van der Waals surface area contributed by atoms with Crippen molar-refractivity contribution in [3.63, 3.8) is 0 Å². The van der Waals surface area contributed by atoms with Gasteiger partial charge in [-0.25, -0.2) is 4.98 Å². The van der Waals surface area contributed by atoms with Gasteiger partial charge < -0.3 is 10.2 Å². The molecule has 37 heavy (non-hydrogen) atoms. The number of pyridine rings is 2. The number of aryl methyl sites for hydroxylation is 1. The lowest BCUT2D eigenvalue weighted by molar-refractivity contribution is -0.111. The summed E-state index contributed by atoms with van der Waals surface area (Å²) in [4.78, 5) is 27.0. The van der Waals surface area contributed by atoms with Crippen molar-refractivity contribution in [2.75, 3.05) is 36.4 Å². The molecule has 0 radical (unpaired) electrons. The van der Waals surface area contributed by atoms with Crippen molar-refractivity contribution < 1.29 is 4.79 Å². The third-order valence-electron chi connectivity index (χ3n) is 7.51. The Balaban J connectivity index is 1.27. The van der Waals surface area contributed by atoms with Gasteiger partial charge in [0, 0.05) is 43.2 Å². The lowest BCUT2D eigenvalue weighted by atomic mass is 9.95. The van der Waals surface area contributed by atoms with Crippen molar-refractivity contribution in [2.24, 2.45) is 0 Å². The number of nitrogens with one attached hydrogen (secondary N) is 1. The number of piperidine rings is 2. The van der Waals surface area contributed by atoms with Gasteiger partial charge in [0.15, 0.2) is 0 Å². The van der Waals surface area contributed by atoms with Crippen LogP contribution in [0.15, 0.2) is 61.6 Å². The van der Waals surface area contributed by atoms with Crippen molar-refractivity contribution in [1.29, 1.82) is 0 Å². The Kier molecular flexibility index (Phi) is 7.95. The number of likely N-dealkylation sites (tertiary alicyclic amines) is 1. The van der Waals surface area contributed by atoms with Gasteiger partial charge in [0.1, 0.15) is 5.82 Å². The molecule has 5 rings (SSSR count). The summed E-state index contributed by atoms with van der Waals surface area (Å²) in [5.74, 6) is 0.751. The molecule has 0 atom stereocenters. The maximum Gasteiger partial charge on any atom is 0.255 e. The summed E-state index contributed by atoms with van der Waals surface area (Å²) in [7, 11) is 0. The van der Waals surface area contributed by atoms with Gasteiger partial charge in [-0.3, -0.25) is 14.7 Å². The second-order valence-corrected chi connectivity index (χ2v) is 10.3. The van der Waals surface area contributed by atoms with Gasteiger partial charge in [0.25, 0.3) is 5.91 Å². The van der Waals surface area contributed by atoms with Crippen LogP contribution in [0.25, 0.3) is 16.7 Å². The number of carbonyl (C=O) groups excluding carboxylic acids is 1. The molecule has 4 heterocycles. The quantitative estimate of drug-likeness (QED) is 0.403. The van der Waals surface area contributed by atoms with Crippen molar-refractivity contribution in [1.82, 2.24) is 14.9 Å². The van der Waals surface area contributed by atoms with E-state index in [0.29, 0.717) is 11.3 Å². The van der Waals surface area contributed by atoms with Crippen LogP contribution in [0.5, 0.6) is 0 Å². The predicted molar refractivity (Wildman–Crippen MR) is 152 cm³/mol. The molecule has 2 fully saturated rings. The second kappa shape index (κ2) is 11.7. The monoisotopic (exact) mass is 495 g/mol. The predicted octanol–water partition coefficient (Wildman–Crippen LogP) is 6.08. The topological polar surface area (TPSA) is 61.4 Å². The number of rotatable bonds is 7. The Hall–Kier alpha value is -3.51. The third-order valence-corrected chi connectivity index (χ3v) is 7.51. The first-order valence-corrected chi connectivity index (χ1v) is 13.6. The lowest BCUT2D eigenvalue weighted by Gasteiger charge is -2.27. The molecule has 6 heteroatoms.